The fourth-order valence-electron chi connectivity index (χ4n) is 4.81. The SMILES string of the molecule is CN(c1nc(-c2nc3ccccc3o2)c(O)c(=O)n1C)[C@H](c1ccccc1)c1cccc(C2CC2)c1. The number of hydrogen-bond donors (Lipinski definition) is 1. The zero-order valence-corrected chi connectivity index (χ0v) is 20.1. The highest BCUT2D eigenvalue weighted by molar-refractivity contribution is 5.76. The molecular formula is C29H26N4O3. The Kier molecular flexibility index (Phi) is 5.33. The van der Waals surface area contributed by atoms with Crippen LogP contribution in [-0.4, -0.2) is 26.7 Å². The molecule has 7 heteroatoms. The third kappa shape index (κ3) is 3.82. The topological polar surface area (TPSA) is 84.4 Å². The molecule has 180 valence electrons. The first-order valence-electron chi connectivity index (χ1n) is 12.0. The van der Waals surface area contributed by atoms with Crippen molar-refractivity contribution in [3.05, 3.63) is 106 Å². The summed E-state index contributed by atoms with van der Waals surface area (Å²) in [6, 6.07) is 25.9. The van der Waals surface area contributed by atoms with Crippen molar-refractivity contribution in [2.45, 2.75) is 24.8 Å². The monoisotopic (exact) mass is 478 g/mol. The van der Waals surface area contributed by atoms with Crippen molar-refractivity contribution in [3.8, 4) is 17.3 Å². The summed E-state index contributed by atoms with van der Waals surface area (Å²) in [5.41, 5.74) is 4.16. The predicted molar refractivity (Wildman–Crippen MR) is 139 cm³/mol. The first kappa shape index (κ1) is 22.1. The molecule has 1 saturated carbocycles. The lowest BCUT2D eigenvalue weighted by Gasteiger charge is -2.31. The second kappa shape index (κ2) is 8.68. The van der Waals surface area contributed by atoms with Crippen molar-refractivity contribution in [2.75, 3.05) is 11.9 Å². The molecule has 1 atom stereocenters. The molecule has 36 heavy (non-hydrogen) atoms. The van der Waals surface area contributed by atoms with E-state index in [9.17, 15) is 9.90 Å². The van der Waals surface area contributed by atoms with Crippen LogP contribution in [0, 0.1) is 0 Å². The highest BCUT2D eigenvalue weighted by Crippen LogP contribution is 2.42. The molecular weight excluding hydrogens is 452 g/mol. The number of benzene rings is 3. The number of para-hydroxylation sites is 2. The summed E-state index contributed by atoms with van der Waals surface area (Å²) in [5, 5.41) is 10.7. The molecule has 1 N–H and O–H groups in total. The van der Waals surface area contributed by atoms with Crippen molar-refractivity contribution in [3.63, 3.8) is 0 Å². The Labute approximate surface area is 208 Å². The van der Waals surface area contributed by atoms with Gasteiger partial charge in [0, 0.05) is 14.1 Å². The van der Waals surface area contributed by atoms with Crippen LogP contribution in [0.3, 0.4) is 0 Å². The Hall–Kier alpha value is -4.39. The van der Waals surface area contributed by atoms with Crippen LogP contribution in [0.25, 0.3) is 22.7 Å². The number of nitrogens with zero attached hydrogens (tertiary/aromatic N) is 4. The zero-order valence-electron chi connectivity index (χ0n) is 20.1. The molecule has 0 aliphatic heterocycles. The summed E-state index contributed by atoms with van der Waals surface area (Å²) in [7, 11) is 3.52. The number of rotatable bonds is 6. The van der Waals surface area contributed by atoms with E-state index in [-0.39, 0.29) is 17.6 Å². The van der Waals surface area contributed by atoms with E-state index < -0.39 is 11.3 Å². The smallest absolute Gasteiger partial charge is 0.297 e. The normalized spacial score (nSPS) is 14.2. The van der Waals surface area contributed by atoms with E-state index >= 15 is 0 Å². The number of aromatic nitrogens is 3. The molecule has 0 saturated heterocycles. The Bertz CT molecular complexity index is 1590. The number of aromatic hydroxyl groups is 1. The van der Waals surface area contributed by atoms with Crippen molar-refractivity contribution in [1.29, 1.82) is 0 Å². The van der Waals surface area contributed by atoms with Crippen LogP contribution in [0.5, 0.6) is 5.75 Å². The van der Waals surface area contributed by atoms with Crippen molar-refractivity contribution in [2.24, 2.45) is 7.05 Å². The first-order chi connectivity index (χ1) is 17.5. The maximum atomic E-state index is 13.1. The molecule has 1 fully saturated rings. The van der Waals surface area contributed by atoms with E-state index in [1.54, 1.807) is 13.1 Å². The van der Waals surface area contributed by atoms with Gasteiger partial charge in [-0.25, -0.2) is 9.97 Å². The van der Waals surface area contributed by atoms with Gasteiger partial charge in [-0.3, -0.25) is 9.36 Å². The van der Waals surface area contributed by atoms with Gasteiger partial charge in [0.05, 0.1) is 6.04 Å². The standard InChI is InChI=1S/C29H26N4O3/c1-32(25(19-9-4-3-5-10-19)21-12-8-11-20(17-21)18-15-16-18)29-31-24(26(34)28(35)33(29)2)27-30-22-13-6-7-14-23(22)36-27/h3-14,17-18,25,34H,15-16H2,1-2H3/t25-/m1/s1. The van der Waals surface area contributed by atoms with Crippen molar-refractivity contribution < 1.29 is 9.52 Å². The van der Waals surface area contributed by atoms with Crippen LogP contribution in [0.2, 0.25) is 0 Å². The van der Waals surface area contributed by atoms with Crippen LogP contribution in [-0.2, 0) is 7.05 Å². The largest absolute Gasteiger partial charge is 0.501 e. The molecule has 5 aromatic rings. The zero-order chi connectivity index (χ0) is 24.8. The summed E-state index contributed by atoms with van der Waals surface area (Å²) >= 11 is 0. The third-order valence-corrected chi connectivity index (χ3v) is 6.83. The molecule has 0 spiro atoms. The summed E-state index contributed by atoms with van der Waals surface area (Å²) in [6.07, 6.45) is 2.44. The van der Waals surface area contributed by atoms with Crippen LogP contribution in [0.1, 0.15) is 41.5 Å². The van der Waals surface area contributed by atoms with E-state index in [1.807, 2.05) is 48.3 Å². The minimum absolute atomic E-state index is 0.0229. The summed E-state index contributed by atoms with van der Waals surface area (Å²) < 4.78 is 7.21. The summed E-state index contributed by atoms with van der Waals surface area (Å²) in [4.78, 5) is 24.3. The van der Waals surface area contributed by atoms with Gasteiger partial charge < -0.3 is 14.4 Å². The Balaban J connectivity index is 1.50. The minimum atomic E-state index is -0.567. The van der Waals surface area contributed by atoms with Gasteiger partial charge in [0.15, 0.2) is 11.3 Å². The minimum Gasteiger partial charge on any atom is -0.501 e. The highest BCUT2D eigenvalue weighted by atomic mass is 16.4. The van der Waals surface area contributed by atoms with Crippen LogP contribution >= 0.6 is 0 Å². The summed E-state index contributed by atoms with van der Waals surface area (Å²) in [6.45, 7) is 0. The van der Waals surface area contributed by atoms with Gasteiger partial charge in [-0.1, -0.05) is 66.7 Å². The molecule has 3 aromatic carbocycles. The first-order valence-corrected chi connectivity index (χ1v) is 12.0. The highest BCUT2D eigenvalue weighted by Gasteiger charge is 2.29. The molecule has 0 unspecified atom stereocenters. The van der Waals surface area contributed by atoms with Gasteiger partial charge in [0.1, 0.15) is 5.52 Å². The van der Waals surface area contributed by atoms with E-state index in [4.69, 9.17) is 9.40 Å². The number of hydrogen-bond acceptors (Lipinski definition) is 6. The van der Waals surface area contributed by atoms with Crippen molar-refractivity contribution >= 4 is 17.0 Å². The van der Waals surface area contributed by atoms with Crippen LogP contribution in [0.15, 0.2) is 88.1 Å². The average molecular weight is 479 g/mol. The van der Waals surface area contributed by atoms with Gasteiger partial charge >= 0.3 is 0 Å². The number of anilines is 1. The van der Waals surface area contributed by atoms with Gasteiger partial charge in [-0.05, 0) is 47.6 Å². The molecule has 0 radical (unpaired) electrons. The maximum Gasteiger partial charge on any atom is 0.297 e. The average Bonchev–Trinajstić information content (AvgIpc) is 3.67. The van der Waals surface area contributed by atoms with E-state index in [2.05, 4.69) is 41.4 Å². The second-order valence-corrected chi connectivity index (χ2v) is 9.33. The predicted octanol–water partition coefficient (Wildman–Crippen LogP) is 5.40. The van der Waals surface area contributed by atoms with Gasteiger partial charge in [-0.15, -0.1) is 0 Å². The van der Waals surface area contributed by atoms with Gasteiger partial charge in [0.2, 0.25) is 11.7 Å². The molecule has 6 rings (SSSR count). The molecule has 1 aliphatic carbocycles. The molecule has 7 nitrogen and oxygen atoms in total. The molecule has 0 amide bonds. The Morgan fingerprint density at radius 1 is 0.972 bits per heavy atom. The van der Waals surface area contributed by atoms with Gasteiger partial charge in [0.25, 0.3) is 11.4 Å². The number of oxazole rings is 1. The Morgan fingerprint density at radius 3 is 2.44 bits per heavy atom. The van der Waals surface area contributed by atoms with Crippen LogP contribution < -0.4 is 10.5 Å². The van der Waals surface area contributed by atoms with E-state index in [0.717, 1.165) is 11.1 Å². The third-order valence-electron chi connectivity index (χ3n) is 6.83. The lowest BCUT2D eigenvalue weighted by Crippen LogP contribution is -2.32. The van der Waals surface area contributed by atoms with Crippen molar-refractivity contribution in [1.82, 2.24) is 14.5 Å². The fraction of sp³-hybridized carbons (Fsp3) is 0.207. The molecule has 1 aliphatic rings. The lowest BCUT2D eigenvalue weighted by molar-refractivity contribution is 0.455. The lowest BCUT2D eigenvalue weighted by atomic mass is 9.95. The molecule has 0 bridgehead atoms. The summed E-state index contributed by atoms with van der Waals surface area (Å²) in [5.74, 6) is 0.621. The fourth-order valence-corrected chi connectivity index (χ4v) is 4.81. The number of fused-ring (bicyclic) bond motifs is 1. The molecule has 2 heterocycles. The van der Waals surface area contributed by atoms with E-state index in [1.165, 1.54) is 23.0 Å². The van der Waals surface area contributed by atoms with Crippen LogP contribution in [0.4, 0.5) is 5.95 Å². The maximum absolute atomic E-state index is 13.1. The second-order valence-electron chi connectivity index (χ2n) is 9.33. The van der Waals surface area contributed by atoms with E-state index in [0.29, 0.717) is 23.0 Å². The molecule has 2 aromatic heterocycles. The Morgan fingerprint density at radius 2 is 1.69 bits per heavy atom. The van der Waals surface area contributed by atoms with Gasteiger partial charge in [-0.2, -0.15) is 0 Å². The quantitative estimate of drug-likeness (QED) is 0.352.